The number of benzene rings is 2. The monoisotopic (exact) mass is 542 g/mol. The van der Waals surface area contributed by atoms with Gasteiger partial charge in [-0.1, -0.05) is 12.1 Å². The topological polar surface area (TPSA) is 55.9 Å². The van der Waals surface area contributed by atoms with E-state index in [0.29, 0.717) is 45.1 Å². The summed E-state index contributed by atoms with van der Waals surface area (Å²) in [5.74, 6) is -0.743. The van der Waals surface area contributed by atoms with Crippen LogP contribution in [0.25, 0.3) is 0 Å². The summed E-state index contributed by atoms with van der Waals surface area (Å²) in [7, 11) is 0. The number of anilines is 3. The van der Waals surface area contributed by atoms with Gasteiger partial charge in [0.2, 0.25) is 11.8 Å². The molecule has 3 aliphatic rings. The third kappa shape index (κ3) is 6.86. The molecule has 1 saturated carbocycles. The van der Waals surface area contributed by atoms with Crippen molar-refractivity contribution in [2.24, 2.45) is 17.8 Å². The lowest BCUT2D eigenvalue weighted by atomic mass is 9.96. The van der Waals surface area contributed by atoms with E-state index in [1.807, 2.05) is 65.3 Å². The second kappa shape index (κ2) is 11.5. The predicted octanol–water partition coefficient (Wildman–Crippen LogP) is 5.82. The molecule has 0 spiro atoms. The molecule has 6 nitrogen and oxygen atoms in total. The Bertz CT molecular complexity index is 1140. The molecule has 2 amide bonds. The number of nitrogens with zero attached hydrogens (tertiary/aromatic N) is 3. The van der Waals surface area contributed by atoms with Crippen LogP contribution in [0.5, 0.6) is 0 Å². The first kappa shape index (κ1) is 27.3. The molecule has 5 rings (SSSR count). The zero-order valence-electron chi connectivity index (χ0n) is 22.4. The van der Waals surface area contributed by atoms with Crippen molar-refractivity contribution in [1.29, 1.82) is 0 Å². The second-order valence-corrected chi connectivity index (χ2v) is 11.2. The van der Waals surface area contributed by atoms with Crippen LogP contribution in [-0.2, 0) is 16.1 Å². The minimum absolute atomic E-state index is 0.0664. The molecule has 3 fully saturated rings. The lowest BCUT2D eigenvalue weighted by Crippen LogP contribution is -2.38. The van der Waals surface area contributed by atoms with Crippen LogP contribution >= 0.6 is 0 Å². The molecule has 1 atom stereocenters. The van der Waals surface area contributed by atoms with E-state index in [4.69, 9.17) is 0 Å². The first-order valence-electron chi connectivity index (χ1n) is 14.0. The molecule has 0 radical (unpaired) electrons. The second-order valence-electron chi connectivity index (χ2n) is 11.2. The molecule has 2 aromatic carbocycles. The van der Waals surface area contributed by atoms with Crippen LogP contribution in [0.15, 0.2) is 48.5 Å². The summed E-state index contributed by atoms with van der Waals surface area (Å²) in [5, 5.41) is 3.38. The third-order valence-electron chi connectivity index (χ3n) is 8.24. The summed E-state index contributed by atoms with van der Waals surface area (Å²) in [4.78, 5) is 31.2. The standard InChI is InChI=1S/C30H37F3N4O2/c1-2-35-20-23(17-28(35)38)29(39)37(18-21-3-4-21)19-22-5-7-25(8-6-22)34-26-9-11-27(12-10-26)36-15-13-24(14-16-36)30(31,32)33/h5-12,21,23-24,34H,2-4,13-20H2,1H3. The van der Waals surface area contributed by atoms with Crippen molar-refractivity contribution in [3.8, 4) is 0 Å². The number of carbonyl (C=O) groups excluding carboxylic acids is 2. The van der Waals surface area contributed by atoms with E-state index in [1.165, 1.54) is 0 Å². The minimum atomic E-state index is -4.10. The zero-order chi connectivity index (χ0) is 27.6. The van der Waals surface area contributed by atoms with Crippen LogP contribution in [0.1, 0.15) is 44.6 Å². The Labute approximate surface area is 228 Å². The molecule has 2 heterocycles. The third-order valence-corrected chi connectivity index (χ3v) is 8.24. The Balaban J connectivity index is 1.16. The number of carbonyl (C=O) groups is 2. The zero-order valence-corrected chi connectivity index (χ0v) is 22.4. The Morgan fingerprint density at radius 1 is 0.974 bits per heavy atom. The highest BCUT2D eigenvalue weighted by atomic mass is 19.4. The lowest BCUT2D eigenvalue weighted by Gasteiger charge is -2.34. The van der Waals surface area contributed by atoms with E-state index in [9.17, 15) is 22.8 Å². The summed E-state index contributed by atoms with van der Waals surface area (Å²) in [5.41, 5.74) is 3.79. The molecular formula is C30H37F3N4O2. The lowest BCUT2D eigenvalue weighted by molar-refractivity contribution is -0.179. The van der Waals surface area contributed by atoms with Crippen LogP contribution in [0.3, 0.4) is 0 Å². The van der Waals surface area contributed by atoms with Gasteiger partial charge in [0.15, 0.2) is 0 Å². The normalized spacial score (nSPS) is 20.4. The van der Waals surface area contributed by atoms with Gasteiger partial charge < -0.3 is 20.0 Å². The SMILES string of the molecule is CCN1CC(C(=O)N(Cc2ccc(Nc3ccc(N4CCC(C(F)(F)F)CC4)cc3)cc2)CC2CC2)CC1=O. The number of alkyl halides is 3. The Kier molecular flexibility index (Phi) is 8.05. The van der Waals surface area contributed by atoms with Gasteiger partial charge in [-0.05, 0) is 80.5 Å². The predicted molar refractivity (Wildman–Crippen MR) is 146 cm³/mol. The average Bonchev–Trinajstić information content (AvgIpc) is 3.67. The molecule has 0 bridgehead atoms. The first-order chi connectivity index (χ1) is 18.7. The van der Waals surface area contributed by atoms with Crippen molar-refractivity contribution in [1.82, 2.24) is 9.80 Å². The molecule has 2 aromatic rings. The van der Waals surface area contributed by atoms with Gasteiger partial charge in [0.1, 0.15) is 0 Å². The summed E-state index contributed by atoms with van der Waals surface area (Å²) in [6, 6.07) is 15.8. The molecule has 1 N–H and O–H groups in total. The number of halogens is 3. The number of hydrogen-bond acceptors (Lipinski definition) is 4. The molecular weight excluding hydrogens is 505 g/mol. The summed E-state index contributed by atoms with van der Waals surface area (Å²) >= 11 is 0. The summed E-state index contributed by atoms with van der Waals surface area (Å²) in [6.07, 6.45) is -1.22. The van der Waals surface area contributed by atoms with Gasteiger partial charge in [-0.15, -0.1) is 0 Å². The molecule has 1 unspecified atom stereocenters. The van der Waals surface area contributed by atoms with Gasteiger partial charge in [-0.2, -0.15) is 13.2 Å². The Morgan fingerprint density at radius 2 is 1.59 bits per heavy atom. The van der Waals surface area contributed by atoms with Crippen LogP contribution in [-0.4, -0.2) is 60.5 Å². The van der Waals surface area contributed by atoms with E-state index in [0.717, 1.165) is 42.0 Å². The van der Waals surface area contributed by atoms with E-state index < -0.39 is 12.1 Å². The average molecular weight is 543 g/mol. The fourth-order valence-electron chi connectivity index (χ4n) is 5.65. The quantitative estimate of drug-likeness (QED) is 0.434. The highest BCUT2D eigenvalue weighted by Crippen LogP contribution is 2.36. The molecule has 39 heavy (non-hydrogen) atoms. The molecule has 2 saturated heterocycles. The van der Waals surface area contributed by atoms with Gasteiger partial charge in [-0.25, -0.2) is 0 Å². The van der Waals surface area contributed by atoms with Gasteiger partial charge in [0.05, 0.1) is 11.8 Å². The van der Waals surface area contributed by atoms with Crippen LogP contribution in [0, 0.1) is 17.8 Å². The molecule has 2 aliphatic heterocycles. The molecule has 0 aromatic heterocycles. The van der Waals surface area contributed by atoms with Crippen molar-refractivity contribution in [3.63, 3.8) is 0 Å². The van der Waals surface area contributed by atoms with Crippen molar-refractivity contribution in [2.45, 2.75) is 51.7 Å². The summed E-state index contributed by atoms with van der Waals surface area (Å²) in [6.45, 7) is 5.20. The van der Waals surface area contributed by atoms with Crippen molar-refractivity contribution < 1.29 is 22.8 Å². The highest BCUT2D eigenvalue weighted by molar-refractivity contribution is 5.89. The van der Waals surface area contributed by atoms with Crippen molar-refractivity contribution >= 4 is 28.9 Å². The molecule has 1 aliphatic carbocycles. The number of rotatable bonds is 9. The van der Waals surface area contributed by atoms with Crippen LogP contribution < -0.4 is 10.2 Å². The summed E-state index contributed by atoms with van der Waals surface area (Å²) < 4.78 is 38.9. The van der Waals surface area contributed by atoms with E-state index >= 15 is 0 Å². The highest BCUT2D eigenvalue weighted by Gasteiger charge is 2.41. The number of nitrogens with one attached hydrogen (secondary N) is 1. The minimum Gasteiger partial charge on any atom is -0.372 e. The number of hydrogen-bond donors (Lipinski definition) is 1. The maximum Gasteiger partial charge on any atom is 0.391 e. The van der Waals surface area contributed by atoms with Crippen LogP contribution in [0.4, 0.5) is 30.2 Å². The maximum atomic E-state index is 13.3. The van der Waals surface area contributed by atoms with Crippen molar-refractivity contribution in [3.05, 3.63) is 54.1 Å². The van der Waals surface area contributed by atoms with E-state index in [1.54, 1.807) is 4.90 Å². The Morgan fingerprint density at radius 3 is 2.13 bits per heavy atom. The van der Waals surface area contributed by atoms with E-state index in [2.05, 4.69) is 5.32 Å². The van der Waals surface area contributed by atoms with Gasteiger partial charge in [0.25, 0.3) is 0 Å². The fraction of sp³-hybridized carbons (Fsp3) is 0.533. The first-order valence-corrected chi connectivity index (χ1v) is 14.0. The Hall–Kier alpha value is -3.23. The number of piperidine rings is 1. The van der Waals surface area contributed by atoms with Gasteiger partial charge in [-0.3, -0.25) is 9.59 Å². The maximum absolute atomic E-state index is 13.3. The van der Waals surface area contributed by atoms with Gasteiger partial charge >= 0.3 is 6.18 Å². The van der Waals surface area contributed by atoms with Crippen LogP contribution in [0.2, 0.25) is 0 Å². The number of amides is 2. The van der Waals surface area contributed by atoms with Gasteiger partial charge in [0, 0.05) is 62.8 Å². The number of likely N-dealkylation sites (tertiary alicyclic amines) is 1. The fourth-order valence-corrected chi connectivity index (χ4v) is 5.65. The van der Waals surface area contributed by atoms with Crippen molar-refractivity contribution in [2.75, 3.05) is 42.9 Å². The smallest absolute Gasteiger partial charge is 0.372 e. The molecule has 9 heteroatoms. The largest absolute Gasteiger partial charge is 0.391 e. The molecule has 210 valence electrons. The van der Waals surface area contributed by atoms with E-state index in [-0.39, 0.29) is 30.6 Å².